The number of azo groups is 1. The zero-order chi connectivity index (χ0) is 16.9. The molecule has 0 amide bonds. The highest BCUT2D eigenvalue weighted by Gasteiger charge is 1.97. The van der Waals surface area contributed by atoms with Crippen molar-refractivity contribution in [1.29, 1.82) is 0 Å². The van der Waals surface area contributed by atoms with Gasteiger partial charge >= 0.3 is 0 Å². The van der Waals surface area contributed by atoms with Crippen LogP contribution in [0.2, 0.25) is 0 Å². The standard InChI is InChI=1S/C16H12N2.C3H8.C2H6/c1-2-9-14(10-3-1)17-18-16-12-6-8-13-7-4-5-11-15(13)16;1-3-2;1-2/h1-12H;3H2,1-2H3;1-2H3. The van der Waals surface area contributed by atoms with Gasteiger partial charge in [-0.25, -0.2) is 0 Å². The molecular formula is C21H26N2. The monoisotopic (exact) mass is 306 g/mol. The normalized spacial score (nSPS) is 9.74. The molecule has 0 saturated heterocycles. The first-order valence-electron chi connectivity index (χ1n) is 8.29. The number of nitrogens with zero attached hydrogens (tertiary/aromatic N) is 2. The summed E-state index contributed by atoms with van der Waals surface area (Å²) < 4.78 is 0. The fraction of sp³-hybridized carbons (Fsp3) is 0.238. The van der Waals surface area contributed by atoms with Gasteiger partial charge in [-0.1, -0.05) is 88.7 Å². The lowest BCUT2D eigenvalue weighted by molar-refractivity contribution is 1.09. The van der Waals surface area contributed by atoms with Crippen LogP contribution in [0.5, 0.6) is 0 Å². The highest BCUT2D eigenvalue weighted by atomic mass is 15.1. The van der Waals surface area contributed by atoms with Crippen LogP contribution in [0.25, 0.3) is 10.8 Å². The molecule has 0 unspecified atom stereocenters. The summed E-state index contributed by atoms with van der Waals surface area (Å²) in [5.74, 6) is 0. The SMILES string of the molecule is CC.CCC.c1ccc(N=Nc2cccc3ccccc23)cc1. The van der Waals surface area contributed by atoms with Gasteiger partial charge in [0.15, 0.2) is 0 Å². The zero-order valence-electron chi connectivity index (χ0n) is 14.5. The summed E-state index contributed by atoms with van der Waals surface area (Å²) in [5.41, 5.74) is 1.77. The molecule has 0 aliphatic carbocycles. The molecule has 0 fully saturated rings. The molecule has 23 heavy (non-hydrogen) atoms. The van der Waals surface area contributed by atoms with Gasteiger partial charge in [-0.05, 0) is 23.6 Å². The van der Waals surface area contributed by atoms with E-state index in [9.17, 15) is 0 Å². The van der Waals surface area contributed by atoms with Crippen LogP contribution < -0.4 is 0 Å². The topological polar surface area (TPSA) is 24.7 Å². The Morgan fingerprint density at radius 1 is 0.652 bits per heavy atom. The van der Waals surface area contributed by atoms with Crippen molar-refractivity contribution >= 4 is 22.1 Å². The Hall–Kier alpha value is -2.48. The minimum atomic E-state index is 0.866. The van der Waals surface area contributed by atoms with E-state index in [1.165, 1.54) is 11.8 Å². The number of hydrogen-bond donors (Lipinski definition) is 0. The Bertz CT molecular complexity index is 698. The highest BCUT2D eigenvalue weighted by Crippen LogP contribution is 2.27. The van der Waals surface area contributed by atoms with E-state index in [4.69, 9.17) is 0 Å². The molecule has 0 spiro atoms. The predicted octanol–water partition coefficient (Wildman–Crippen LogP) is 7.70. The lowest BCUT2D eigenvalue weighted by Crippen LogP contribution is -1.72. The van der Waals surface area contributed by atoms with Crippen molar-refractivity contribution in [2.45, 2.75) is 34.1 Å². The molecule has 0 saturated carbocycles. The lowest BCUT2D eigenvalue weighted by Gasteiger charge is -2.00. The quantitative estimate of drug-likeness (QED) is 0.433. The number of rotatable bonds is 2. The lowest BCUT2D eigenvalue weighted by atomic mass is 10.1. The Morgan fingerprint density at radius 2 is 1.22 bits per heavy atom. The molecule has 0 aliphatic heterocycles. The van der Waals surface area contributed by atoms with Gasteiger partial charge in [0, 0.05) is 5.39 Å². The van der Waals surface area contributed by atoms with Crippen molar-refractivity contribution in [1.82, 2.24) is 0 Å². The third kappa shape index (κ3) is 6.03. The smallest absolute Gasteiger partial charge is 0.0935 e. The fourth-order valence-corrected chi connectivity index (χ4v) is 1.90. The van der Waals surface area contributed by atoms with Crippen molar-refractivity contribution in [3.63, 3.8) is 0 Å². The molecule has 3 rings (SSSR count). The van der Waals surface area contributed by atoms with E-state index in [1.54, 1.807) is 0 Å². The van der Waals surface area contributed by atoms with E-state index in [2.05, 4.69) is 42.3 Å². The second-order valence-electron chi connectivity index (χ2n) is 4.74. The van der Waals surface area contributed by atoms with Gasteiger partial charge in [-0.15, -0.1) is 5.11 Å². The minimum Gasteiger partial charge on any atom is -0.151 e. The second-order valence-corrected chi connectivity index (χ2v) is 4.74. The average Bonchev–Trinajstić information content (AvgIpc) is 2.63. The molecular weight excluding hydrogens is 280 g/mol. The van der Waals surface area contributed by atoms with Gasteiger partial charge in [-0.2, -0.15) is 5.11 Å². The number of hydrogen-bond acceptors (Lipinski definition) is 2. The van der Waals surface area contributed by atoms with Crippen LogP contribution in [0.4, 0.5) is 11.4 Å². The molecule has 3 aromatic rings. The van der Waals surface area contributed by atoms with Crippen LogP contribution in [0.3, 0.4) is 0 Å². The maximum Gasteiger partial charge on any atom is 0.0935 e. The molecule has 0 aromatic heterocycles. The van der Waals surface area contributed by atoms with Gasteiger partial charge in [0.05, 0.1) is 11.4 Å². The Morgan fingerprint density at radius 3 is 1.91 bits per heavy atom. The second kappa shape index (κ2) is 11.1. The van der Waals surface area contributed by atoms with E-state index in [-0.39, 0.29) is 0 Å². The average molecular weight is 306 g/mol. The third-order valence-electron chi connectivity index (χ3n) is 2.80. The Balaban J connectivity index is 0.000000477. The summed E-state index contributed by atoms with van der Waals surface area (Å²) in [4.78, 5) is 0. The molecule has 120 valence electrons. The molecule has 0 bridgehead atoms. The van der Waals surface area contributed by atoms with E-state index in [0.29, 0.717) is 0 Å². The number of fused-ring (bicyclic) bond motifs is 1. The minimum absolute atomic E-state index is 0.866. The molecule has 0 atom stereocenters. The van der Waals surface area contributed by atoms with Crippen LogP contribution in [-0.2, 0) is 0 Å². The first-order valence-corrected chi connectivity index (χ1v) is 8.29. The van der Waals surface area contributed by atoms with Crippen LogP contribution in [0, 0.1) is 0 Å². The number of benzene rings is 3. The Labute approximate surface area is 139 Å². The van der Waals surface area contributed by atoms with Gasteiger partial charge in [0.2, 0.25) is 0 Å². The highest BCUT2D eigenvalue weighted by molar-refractivity contribution is 5.92. The van der Waals surface area contributed by atoms with Crippen LogP contribution >= 0.6 is 0 Å². The van der Waals surface area contributed by atoms with Gasteiger partial charge in [-0.3, -0.25) is 0 Å². The van der Waals surface area contributed by atoms with Crippen molar-refractivity contribution in [2.24, 2.45) is 10.2 Å². The van der Waals surface area contributed by atoms with Crippen molar-refractivity contribution in [3.8, 4) is 0 Å². The first-order chi connectivity index (χ1) is 11.3. The van der Waals surface area contributed by atoms with Crippen LogP contribution in [-0.4, -0.2) is 0 Å². The summed E-state index contributed by atoms with van der Waals surface area (Å²) in [7, 11) is 0. The van der Waals surface area contributed by atoms with Gasteiger partial charge in [0.25, 0.3) is 0 Å². The largest absolute Gasteiger partial charge is 0.151 e. The van der Waals surface area contributed by atoms with Gasteiger partial charge < -0.3 is 0 Å². The zero-order valence-corrected chi connectivity index (χ0v) is 14.5. The van der Waals surface area contributed by atoms with Crippen LogP contribution in [0.1, 0.15) is 34.1 Å². The molecule has 2 nitrogen and oxygen atoms in total. The fourth-order valence-electron chi connectivity index (χ4n) is 1.90. The van der Waals surface area contributed by atoms with E-state index >= 15 is 0 Å². The summed E-state index contributed by atoms with van der Waals surface area (Å²) in [6.07, 6.45) is 1.25. The van der Waals surface area contributed by atoms with Crippen molar-refractivity contribution < 1.29 is 0 Å². The summed E-state index contributed by atoms with van der Waals surface area (Å²) in [6, 6.07) is 24.0. The van der Waals surface area contributed by atoms with E-state index in [1.807, 2.05) is 68.4 Å². The molecule has 0 aliphatic rings. The van der Waals surface area contributed by atoms with Crippen molar-refractivity contribution in [3.05, 3.63) is 72.8 Å². The van der Waals surface area contributed by atoms with E-state index < -0.39 is 0 Å². The third-order valence-corrected chi connectivity index (χ3v) is 2.80. The van der Waals surface area contributed by atoms with E-state index in [0.717, 1.165) is 16.8 Å². The summed E-state index contributed by atoms with van der Waals surface area (Å²) >= 11 is 0. The maximum atomic E-state index is 4.33. The maximum absolute atomic E-state index is 4.33. The first kappa shape index (κ1) is 18.6. The molecule has 3 aromatic carbocycles. The summed E-state index contributed by atoms with van der Waals surface area (Å²) in [5, 5.41) is 10.9. The predicted molar refractivity (Wildman–Crippen MR) is 102 cm³/mol. The van der Waals surface area contributed by atoms with Gasteiger partial charge in [0.1, 0.15) is 0 Å². The molecule has 2 heteroatoms. The molecule has 0 N–H and O–H groups in total. The van der Waals surface area contributed by atoms with Crippen LogP contribution in [0.15, 0.2) is 83.0 Å². The summed E-state index contributed by atoms with van der Waals surface area (Å²) in [6.45, 7) is 8.25. The molecule has 0 radical (unpaired) electrons. The van der Waals surface area contributed by atoms with Crippen molar-refractivity contribution in [2.75, 3.05) is 0 Å². The molecule has 0 heterocycles. The Kier molecular flexibility index (Phi) is 8.99.